The van der Waals surface area contributed by atoms with Gasteiger partial charge in [0.25, 0.3) is 5.91 Å². The van der Waals surface area contributed by atoms with Crippen LogP contribution in [0.4, 0.5) is 0 Å². The minimum atomic E-state index is -0.410. The number of hydrogen-bond donors (Lipinski definition) is 2. The van der Waals surface area contributed by atoms with E-state index in [4.69, 9.17) is 0 Å². The summed E-state index contributed by atoms with van der Waals surface area (Å²) in [5.41, 5.74) is 1.72. The smallest absolute Gasteiger partial charge is 0.252 e. The lowest BCUT2D eigenvalue weighted by Crippen LogP contribution is -2.34. The van der Waals surface area contributed by atoms with Gasteiger partial charge in [-0.2, -0.15) is 0 Å². The highest BCUT2D eigenvalue weighted by Crippen LogP contribution is 2.18. The standard InChI is InChI=1S/C13H18BrNO2/c1-8-4-5-11(12(14)6-8)13(17)15-9(2)7-10(3)16/h4-6,9-10,16H,7H2,1-3H3,(H,15,17). The van der Waals surface area contributed by atoms with Crippen molar-refractivity contribution in [3.63, 3.8) is 0 Å². The van der Waals surface area contributed by atoms with Gasteiger partial charge in [0.05, 0.1) is 11.7 Å². The van der Waals surface area contributed by atoms with E-state index >= 15 is 0 Å². The second kappa shape index (κ2) is 6.17. The number of benzene rings is 1. The van der Waals surface area contributed by atoms with E-state index in [1.807, 2.05) is 26.0 Å². The maximum Gasteiger partial charge on any atom is 0.252 e. The third-order valence-electron chi connectivity index (χ3n) is 2.44. The first kappa shape index (κ1) is 14.2. The fourth-order valence-electron chi connectivity index (χ4n) is 1.68. The van der Waals surface area contributed by atoms with E-state index in [2.05, 4.69) is 21.2 Å². The molecule has 1 amide bonds. The minimum absolute atomic E-state index is 0.0456. The van der Waals surface area contributed by atoms with Gasteiger partial charge in [0, 0.05) is 10.5 Å². The van der Waals surface area contributed by atoms with Gasteiger partial charge in [-0.25, -0.2) is 0 Å². The number of aliphatic hydroxyl groups is 1. The fraction of sp³-hybridized carbons (Fsp3) is 0.462. The van der Waals surface area contributed by atoms with E-state index in [0.29, 0.717) is 12.0 Å². The molecule has 0 aromatic heterocycles. The first-order valence-corrected chi connectivity index (χ1v) is 6.44. The Morgan fingerprint density at radius 3 is 2.65 bits per heavy atom. The zero-order valence-corrected chi connectivity index (χ0v) is 11.9. The van der Waals surface area contributed by atoms with E-state index in [1.54, 1.807) is 13.0 Å². The van der Waals surface area contributed by atoms with Crippen LogP contribution in [-0.4, -0.2) is 23.2 Å². The Labute approximate surface area is 110 Å². The van der Waals surface area contributed by atoms with Crippen LogP contribution in [0.1, 0.15) is 36.2 Å². The van der Waals surface area contributed by atoms with Crippen LogP contribution >= 0.6 is 15.9 Å². The number of aliphatic hydroxyl groups excluding tert-OH is 1. The maximum atomic E-state index is 11.9. The highest BCUT2D eigenvalue weighted by atomic mass is 79.9. The van der Waals surface area contributed by atoms with Gasteiger partial charge in [0.2, 0.25) is 0 Å². The Kier molecular flexibility index (Phi) is 5.15. The van der Waals surface area contributed by atoms with Crippen molar-refractivity contribution in [3.8, 4) is 0 Å². The molecule has 0 fully saturated rings. The predicted octanol–water partition coefficient (Wildman–Crippen LogP) is 2.65. The van der Waals surface area contributed by atoms with E-state index < -0.39 is 6.10 Å². The summed E-state index contributed by atoms with van der Waals surface area (Å²) in [6.45, 7) is 5.57. The summed E-state index contributed by atoms with van der Waals surface area (Å²) in [6, 6.07) is 5.56. The van der Waals surface area contributed by atoms with Crippen LogP contribution in [0.3, 0.4) is 0 Å². The van der Waals surface area contributed by atoms with Crippen LogP contribution in [0.5, 0.6) is 0 Å². The lowest BCUT2D eigenvalue weighted by Gasteiger charge is -2.16. The molecule has 0 aliphatic heterocycles. The summed E-state index contributed by atoms with van der Waals surface area (Å²) in [7, 11) is 0. The lowest BCUT2D eigenvalue weighted by molar-refractivity contribution is 0.0922. The van der Waals surface area contributed by atoms with Crippen molar-refractivity contribution in [3.05, 3.63) is 33.8 Å². The van der Waals surface area contributed by atoms with Crippen LogP contribution in [0.25, 0.3) is 0 Å². The van der Waals surface area contributed by atoms with Crippen molar-refractivity contribution < 1.29 is 9.90 Å². The van der Waals surface area contributed by atoms with Crippen molar-refractivity contribution in [2.45, 2.75) is 39.3 Å². The molecular weight excluding hydrogens is 282 g/mol. The molecule has 2 N–H and O–H groups in total. The molecule has 0 aliphatic rings. The van der Waals surface area contributed by atoms with Crippen LogP contribution in [0, 0.1) is 6.92 Å². The molecule has 4 heteroatoms. The van der Waals surface area contributed by atoms with Gasteiger partial charge in [0.15, 0.2) is 0 Å². The van der Waals surface area contributed by atoms with Crippen LogP contribution in [-0.2, 0) is 0 Å². The van der Waals surface area contributed by atoms with Gasteiger partial charge in [-0.3, -0.25) is 4.79 Å². The molecule has 0 spiro atoms. The number of aryl methyl sites for hydroxylation is 1. The number of halogens is 1. The molecule has 0 saturated heterocycles. The third kappa shape index (κ3) is 4.48. The highest BCUT2D eigenvalue weighted by Gasteiger charge is 2.13. The van der Waals surface area contributed by atoms with Crippen molar-refractivity contribution in [2.24, 2.45) is 0 Å². The van der Waals surface area contributed by atoms with E-state index in [-0.39, 0.29) is 11.9 Å². The molecule has 17 heavy (non-hydrogen) atoms. The van der Waals surface area contributed by atoms with E-state index in [1.165, 1.54) is 0 Å². The summed E-state index contributed by atoms with van der Waals surface area (Å²) < 4.78 is 0.791. The predicted molar refractivity (Wildman–Crippen MR) is 72.1 cm³/mol. The van der Waals surface area contributed by atoms with Crippen molar-refractivity contribution in [1.29, 1.82) is 0 Å². The number of amides is 1. The lowest BCUT2D eigenvalue weighted by atomic mass is 10.1. The molecule has 0 saturated carbocycles. The first-order valence-electron chi connectivity index (χ1n) is 5.65. The van der Waals surface area contributed by atoms with Gasteiger partial charge in [-0.05, 0) is 60.8 Å². The molecule has 1 aromatic carbocycles. The van der Waals surface area contributed by atoms with Crippen LogP contribution < -0.4 is 5.32 Å². The molecule has 94 valence electrons. The normalized spacial score (nSPS) is 14.2. The summed E-state index contributed by atoms with van der Waals surface area (Å²) in [4.78, 5) is 11.9. The van der Waals surface area contributed by atoms with Gasteiger partial charge in [0.1, 0.15) is 0 Å². The van der Waals surface area contributed by atoms with Gasteiger partial charge >= 0.3 is 0 Å². The Morgan fingerprint density at radius 1 is 1.47 bits per heavy atom. The second-order valence-electron chi connectivity index (χ2n) is 4.44. The average molecular weight is 300 g/mol. The number of carbonyl (C=O) groups is 1. The summed E-state index contributed by atoms with van der Waals surface area (Å²) in [6.07, 6.45) is 0.140. The Morgan fingerprint density at radius 2 is 2.12 bits per heavy atom. The molecule has 0 radical (unpaired) electrons. The van der Waals surface area contributed by atoms with E-state index in [9.17, 15) is 9.90 Å². The highest BCUT2D eigenvalue weighted by molar-refractivity contribution is 9.10. The summed E-state index contributed by atoms with van der Waals surface area (Å²) >= 11 is 3.38. The Balaban J connectivity index is 2.70. The molecule has 1 rings (SSSR count). The fourth-order valence-corrected chi connectivity index (χ4v) is 2.35. The molecule has 0 bridgehead atoms. The maximum absolute atomic E-state index is 11.9. The molecule has 0 heterocycles. The zero-order chi connectivity index (χ0) is 13.0. The molecule has 1 aromatic rings. The second-order valence-corrected chi connectivity index (χ2v) is 5.30. The van der Waals surface area contributed by atoms with Crippen molar-refractivity contribution in [2.75, 3.05) is 0 Å². The van der Waals surface area contributed by atoms with Gasteiger partial charge in [-0.15, -0.1) is 0 Å². The van der Waals surface area contributed by atoms with E-state index in [0.717, 1.165) is 10.0 Å². The van der Waals surface area contributed by atoms with Crippen molar-refractivity contribution in [1.82, 2.24) is 5.32 Å². The summed E-state index contributed by atoms with van der Waals surface area (Å²) in [5.74, 6) is -0.120. The first-order chi connectivity index (χ1) is 7.90. The van der Waals surface area contributed by atoms with Gasteiger partial charge < -0.3 is 10.4 Å². The SMILES string of the molecule is Cc1ccc(C(=O)NC(C)CC(C)O)c(Br)c1. The third-order valence-corrected chi connectivity index (χ3v) is 3.10. The molecule has 0 aliphatic carbocycles. The number of nitrogens with one attached hydrogen (secondary N) is 1. The quantitative estimate of drug-likeness (QED) is 0.898. The monoisotopic (exact) mass is 299 g/mol. The number of carbonyl (C=O) groups excluding carboxylic acids is 1. The molecule has 2 unspecified atom stereocenters. The molecule has 3 nitrogen and oxygen atoms in total. The van der Waals surface area contributed by atoms with Crippen LogP contribution in [0.15, 0.2) is 22.7 Å². The number of rotatable bonds is 4. The molecular formula is C13H18BrNO2. The molecule has 2 atom stereocenters. The number of hydrogen-bond acceptors (Lipinski definition) is 2. The average Bonchev–Trinajstić information content (AvgIpc) is 2.15. The van der Waals surface area contributed by atoms with Gasteiger partial charge in [-0.1, -0.05) is 6.07 Å². The largest absolute Gasteiger partial charge is 0.393 e. The minimum Gasteiger partial charge on any atom is -0.393 e. The topological polar surface area (TPSA) is 49.3 Å². The zero-order valence-electron chi connectivity index (χ0n) is 10.3. The Bertz CT molecular complexity index is 404. The summed E-state index contributed by atoms with van der Waals surface area (Å²) in [5, 5.41) is 12.1. The Hall–Kier alpha value is -0.870. The van der Waals surface area contributed by atoms with Crippen LogP contribution in [0.2, 0.25) is 0 Å². The van der Waals surface area contributed by atoms with Crippen molar-refractivity contribution >= 4 is 21.8 Å².